The van der Waals surface area contributed by atoms with E-state index in [9.17, 15) is 32.3 Å². The highest BCUT2D eigenvalue weighted by Gasteiger charge is 2.43. The highest BCUT2D eigenvalue weighted by atomic mass is 32.2. The summed E-state index contributed by atoms with van der Waals surface area (Å²) in [6.07, 6.45) is 0.632. The van der Waals surface area contributed by atoms with Crippen LogP contribution in [0.25, 0.3) is 0 Å². The molecule has 38 heavy (non-hydrogen) atoms. The Bertz CT molecular complexity index is 1430. The molecule has 0 spiro atoms. The molecule has 1 fully saturated rings. The summed E-state index contributed by atoms with van der Waals surface area (Å²) in [5.41, 5.74) is 0.639. The lowest BCUT2D eigenvalue weighted by atomic mass is 10.1. The fourth-order valence-corrected chi connectivity index (χ4v) is 7.33. The molecular formula is C26H26FN3O6S2. The molecule has 4 rings (SSSR count). The lowest BCUT2D eigenvalue weighted by molar-refractivity contribution is -0.140. The number of hydrogen-bond donors (Lipinski definition) is 2. The Morgan fingerprint density at radius 3 is 2.45 bits per heavy atom. The van der Waals surface area contributed by atoms with Gasteiger partial charge in [0.1, 0.15) is 22.1 Å². The van der Waals surface area contributed by atoms with Crippen molar-refractivity contribution in [2.24, 2.45) is 0 Å². The molecule has 0 aliphatic carbocycles. The Morgan fingerprint density at radius 2 is 1.79 bits per heavy atom. The number of carboxylic acids is 1. The van der Waals surface area contributed by atoms with Gasteiger partial charge in [0.15, 0.2) is 0 Å². The average Bonchev–Trinajstić information content (AvgIpc) is 3.60. The summed E-state index contributed by atoms with van der Waals surface area (Å²) in [6, 6.07) is 14.0. The summed E-state index contributed by atoms with van der Waals surface area (Å²) in [6.45, 7) is 1.53. The van der Waals surface area contributed by atoms with E-state index in [0.29, 0.717) is 16.9 Å². The second kappa shape index (κ2) is 11.4. The fourth-order valence-electron chi connectivity index (χ4n) is 4.26. The van der Waals surface area contributed by atoms with Crippen molar-refractivity contribution in [1.29, 1.82) is 0 Å². The first kappa shape index (κ1) is 27.4. The standard InChI is InChI=1S/C26H26FN3O6S2/c1-17(26(33)34)30(20-11-9-19(27)10-12-20)25(32)22-8-5-15-29(22)38(35,36)23-14-13-21(37-23)16-28-24(31)18-6-3-2-4-7-18/h2-4,6-7,9-14,17,22H,5,8,15-16H2,1H3,(H,28,31)(H,33,34)/t17-,22-/m0/s1. The number of anilines is 1. The van der Waals surface area contributed by atoms with Gasteiger partial charge in [0, 0.05) is 22.7 Å². The first-order chi connectivity index (χ1) is 18.1. The first-order valence-corrected chi connectivity index (χ1v) is 14.1. The number of rotatable bonds is 9. The normalized spacial score (nSPS) is 16.6. The average molecular weight is 560 g/mol. The van der Waals surface area contributed by atoms with Crippen molar-refractivity contribution in [2.75, 3.05) is 11.4 Å². The lowest BCUT2D eigenvalue weighted by Crippen LogP contribution is -2.52. The third-order valence-electron chi connectivity index (χ3n) is 6.23. The highest BCUT2D eigenvalue weighted by Crippen LogP contribution is 2.32. The summed E-state index contributed by atoms with van der Waals surface area (Å²) < 4.78 is 41.7. The first-order valence-electron chi connectivity index (χ1n) is 11.8. The van der Waals surface area contributed by atoms with Gasteiger partial charge in [0.25, 0.3) is 15.9 Å². The molecule has 9 nitrogen and oxygen atoms in total. The summed E-state index contributed by atoms with van der Waals surface area (Å²) in [7, 11) is -4.09. The number of nitrogens with one attached hydrogen (secondary N) is 1. The number of hydrogen-bond acceptors (Lipinski definition) is 6. The third-order valence-corrected chi connectivity index (χ3v) is 9.70. The monoisotopic (exact) mass is 559 g/mol. The Kier molecular flexibility index (Phi) is 8.24. The number of nitrogens with zero attached hydrogens (tertiary/aromatic N) is 2. The maximum absolute atomic E-state index is 13.6. The summed E-state index contributed by atoms with van der Waals surface area (Å²) >= 11 is 0.990. The number of sulfonamides is 1. The van der Waals surface area contributed by atoms with Crippen LogP contribution in [0.3, 0.4) is 0 Å². The van der Waals surface area contributed by atoms with Crippen molar-refractivity contribution in [3.05, 3.63) is 83.0 Å². The van der Waals surface area contributed by atoms with Crippen LogP contribution in [0.4, 0.5) is 10.1 Å². The van der Waals surface area contributed by atoms with Gasteiger partial charge >= 0.3 is 5.97 Å². The summed E-state index contributed by atoms with van der Waals surface area (Å²) in [4.78, 5) is 39.3. The SMILES string of the molecule is C[C@@H](C(=O)O)N(C(=O)[C@@H]1CCCN1S(=O)(=O)c1ccc(CNC(=O)c2ccccc2)s1)c1ccc(F)cc1. The lowest BCUT2D eigenvalue weighted by Gasteiger charge is -2.32. The molecule has 1 aliphatic rings. The minimum Gasteiger partial charge on any atom is -0.480 e. The quantitative estimate of drug-likeness (QED) is 0.414. The number of halogens is 1. The van der Waals surface area contributed by atoms with Gasteiger partial charge < -0.3 is 10.4 Å². The number of carboxylic acid groups (broad SMARTS) is 1. The molecule has 2 N–H and O–H groups in total. The van der Waals surface area contributed by atoms with Crippen LogP contribution in [-0.4, -0.2) is 54.2 Å². The van der Waals surface area contributed by atoms with Gasteiger partial charge in [-0.2, -0.15) is 4.31 Å². The molecule has 200 valence electrons. The Labute approximate surface area is 223 Å². The largest absolute Gasteiger partial charge is 0.480 e. The molecule has 0 bridgehead atoms. The number of benzene rings is 2. The third kappa shape index (κ3) is 5.77. The van der Waals surface area contributed by atoms with Gasteiger partial charge in [-0.3, -0.25) is 14.5 Å². The van der Waals surface area contributed by atoms with Crippen LogP contribution in [0.2, 0.25) is 0 Å². The van der Waals surface area contributed by atoms with Crippen molar-refractivity contribution >= 4 is 44.8 Å². The van der Waals surface area contributed by atoms with Gasteiger partial charge in [-0.15, -0.1) is 11.3 Å². The minimum atomic E-state index is -4.09. The van der Waals surface area contributed by atoms with E-state index >= 15 is 0 Å². The number of carbonyl (C=O) groups excluding carboxylic acids is 2. The van der Waals surface area contributed by atoms with Crippen LogP contribution < -0.4 is 10.2 Å². The van der Waals surface area contributed by atoms with Crippen LogP contribution in [0, 0.1) is 5.82 Å². The number of amides is 2. The van der Waals surface area contributed by atoms with Crippen molar-refractivity contribution in [3.8, 4) is 0 Å². The molecule has 1 aliphatic heterocycles. The minimum absolute atomic E-state index is 0.0146. The predicted octanol–water partition coefficient (Wildman–Crippen LogP) is 3.48. The second-order valence-corrected chi connectivity index (χ2v) is 12.0. The van der Waals surface area contributed by atoms with E-state index in [-0.39, 0.29) is 35.3 Å². The molecule has 2 amide bonds. The van der Waals surface area contributed by atoms with Gasteiger partial charge in [0.2, 0.25) is 5.91 Å². The van der Waals surface area contributed by atoms with Gasteiger partial charge in [-0.05, 0) is 68.3 Å². The number of carbonyl (C=O) groups is 3. The van der Waals surface area contributed by atoms with E-state index in [2.05, 4.69) is 5.32 Å². The van der Waals surface area contributed by atoms with Crippen molar-refractivity contribution < 1.29 is 32.3 Å². The van der Waals surface area contributed by atoms with Gasteiger partial charge in [0.05, 0.1) is 6.54 Å². The van der Waals surface area contributed by atoms with Crippen LogP contribution in [0.5, 0.6) is 0 Å². The fraction of sp³-hybridized carbons (Fsp3) is 0.269. The van der Waals surface area contributed by atoms with Crippen LogP contribution >= 0.6 is 11.3 Å². The predicted molar refractivity (Wildman–Crippen MR) is 140 cm³/mol. The van der Waals surface area contributed by atoms with E-state index in [4.69, 9.17) is 0 Å². The molecule has 1 saturated heterocycles. The summed E-state index contributed by atoms with van der Waals surface area (Å²) in [5.74, 6) is -2.82. The van der Waals surface area contributed by atoms with Crippen molar-refractivity contribution in [1.82, 2.24) is 9.62 Å². The highest BCUT2D eigenvalue weighted by molar-refractivity contribution is 7.91. The Balaban J connectivity index is 1.53. The summed E-state index contributed by atoms with van der Waals surface area (Å²) in [5, 5.41) is 12.4. The molecule has 0 unspecified atom stereocenters. The molecule has 2 aromatic carbocycles. The molecule has 0 saturated carbocycles. The van der Waals surface area contributed by atoms with E-state index in [1.165, 1.54) is 25.1 Å². The Hall–Kier alpha value is -3.61. The van der Waals surface area contributed by atoms with Crippen LogP contribution in [0.1, 0.15) is 35.0 Å². The second-order valence-electron chi connectivity index (χ2n) is 8.74. The zero-order chi connectivity index (χ0) is 27.4. The molecule has 2 heterocycles. The van der Waals surface area contributed by atoms with E-state index in [1.807, 2.05) is 0 Å². The molecule has 12 heteroatoms. The zero-order valence-corrected chi connectivity index (χ0v) is 22.0. The van der Waals surface area contributed by atoms with Gasteiger partial charge in [-0.1, -0.05) is 18.2 Å². The topological polar surface area (TPSA) is 124 Å². The molecule has 3 aromatic rings. The van der Waals surface area contributed by atoms with E-state index in [1.54, 1.807) is 36.4 Å². The maximum Gasteiger partial charge on any atom is 0.326 e. The van der Waals surface area contributed by atoms with Crippen molar-refractivity contribution in [2.45, 2.75) is 42.6 Å². The number of thiophene rings is 1. The molecule has 1 aromatic heterocycles. The Morgan fingerprint density at radius 1 is 1.11 bits per heavy atom. The van der Waals surface area contributed by atoms with Crippen LogP contribution in [0.15, 0.2) is 70.9 Å². The van der Waals surface area contributed by atoms with Crippen molar-refractivity contribution in [3.63, 3.8) is 0 Å². The molecule has 2 atom stereocenters. The smallest absolute Gasteiger partial charge is 0.326 e. The molecule has 0 radical (unpaired) electrons. The van der Waals surface area contributed by atoms with Crippen LogP contribution in [-0.2, 0) is 26.2 Å². The van der Waals surface area contributed by atoms with Gasteiger partial charge in [-0.25, -0.2) is 17.6 Å². The maximum atomic E-state index is 13.6. The number of aliphatic carboxylic acids is 1. The zero-order valence-electron chi connectivity index (χ0n) is 20.4. The van der Waals surface area contributed by atoms with E-state index in [0.717, 1.165) is 32.7 Å². The van der Waals surface area contributed by atoms with E-state index < -0.39 is 39.8 Å². The molecular weight excluding hydrogens is 533 g/mol.